The molecule has 184 valence electrons. The van der Waals surface area contributed by atoms with E-state index in [1.54, 1.807) is 43.3 Å². The van der Waals surface area contributed by atoms with Crippen LogP contribution in [0.15, 0.2) is 84.4 Å². The molecule has 37 heavy (non-hydrogen) atoms. The lowest BCUT2D eigenvalue weighted by atomic mass is 9.99. The molecule has 0 aromatic heterocycles. The second-order valence-corrected chi connectivity index (χ2v) is 9.30. The van der Waals surface area contributed by atoms with E-state index in [2.05, 4.69) is 5.32 Å². The second kappa shape index (κ2) is 10.1. The van der Waals surface area contributed by atoms with E-state index in [9.17, 15) is 14.4 Å². The molecule has 0 atom stereocenters. The predicted octanol–water partition coefficient (Wildman–Crippen LogP) is 6.70. The fourth-order valence-corrected chi connectivity index (χ4v) is 4.58. The number of fused-ring (bicyclic) bond motifs is 1. The van der Waals surface area contributed by atoms with Gasteiger partial charge in [-0.05, 0) is 65.2 Å². The standard InChI is InChI=1S/C29H20Cl2N2O4/c1-17-24(31)10-5-11-25(17)33-28(35)23(27(34)32-29(33)36)15-22-21-9-3-2-7-19(21)12-13-26(22)37-16-18-6-4-8-20(30)14-18/h2-15H,16H2,1H3,(H,32,34,36)/b23-15+. The highest BCUT2D eigenvalue weighted by Crippen LogP contribution is 2.34. The Morgan fingerprint density at radius 1 is 0.919 bits per heavy atom. The van der Waals surface area contributed by atoms with E-state index in [4.69, 9.17) is 27.9 Å². The van der Waals surface area contributed by atoms with Crippen molar-refractivity contribution in [2.75, 3.05) is 4.90 Å². The molecular weight excluding hydrogens is 511 g/mol. The average Bonchev–Trinajstić information content (AvgIpc) is 2.88. The molecule has 1 saturated heterocycles. The molecule has 1 aliphatic heterocycles. The highest BCUT2D eigenvalue weighted by molar-refractivity contribution is 6.40. The molecule has 0 unspecified atom stereocenters. The second-order valence-electron chi connectivity index (χ2n) is 8.46. The summed E-state index contributed by atoms with van der Waals surface area (Å²) in [5, 5.41) is 4.93. The van der Waals surface area contributed by atoms with Gasteiger partial charge in [0.15, 0.2) is 0 Å². The van der Waals surface area contributed by atoms with E-state index in [-0.39, 0.29) is 12.2 Å². The number of urea groups is 1. The van der Waals surface area contributed by atoms with Crippen molar-refractivity contribution < 1.29 is 19.1 Å². The Hall–Kier alpha value is -4.13. The van der Waals surface area contributed by atoms with Gasteiger partial charge in [-0.2, -0.15) is 0 Å². The van der Waals surface area contributed by atoms with Gasteiger partial charge in [-0.15, -0.1) is 0 Å². The fraction of sp³-hybridized carbons (Fsp3) is 0.0690. The maximum Gasteiger partial charge on any atom is 0.335 e. The SMILES string of the molecule is Cc1c(Cl)cccc1N1C(=O)NC(=O)/C(=C\c2c(OCc3cccc(Cl)c3)ccc3ccccc23)C1=O. The smallest absolute Gasteiger partial charge is 0.335 e. The fourth-order valence-electron chi connectivity index (χ4n) is 4.20. The molecule has 1 heterocycles. The Kier molecular flexibility index (Phi) is 6.70. The quantitative estimate of drug-likeness (QED) is 0.230. The summed E-state index contributed by atoms with van der Waals surface area (Å²) >= 11 is 12.3. The monoisotopic (exact) mass is 530 g/mol. The maximum absolute atomic E-state index is 13.6. The Bertz CT molecular complexity index is 1610. The number of ether oxygens (including phenoxy) is 1. The van der Waals surface area contributed by atoms with E-state index in [0.717, 1.165) is 21.2 Å². The van der Waals surface area contributed by atoms with Gasteiger partial charge < -0.3 is 4.74 Å². The molecule has 8 heteroatoms. The Labute approximate surface area is 223 Å². The summed E-state index contributed by atoms with van der Waals surface area (Å²) < 4.78 is 6.12. The summed E-state index contributed by atoms with van der Waals surface area (Å²) in [6.07, 6.45) is 1.46. The number of imide groups is 2. The normalized spacial score (nSPS) is 14.8. The first-order valence-corrected chi connectivity index (χ1v) is 12.1. The molecule has 0 bridgehead atoms. The average molecular weight is 531 g/mol. The number of barbiturate groups is 1. The van der Waals surface area contributed by atoms with Crippen LogP contribution in [-0.4, -0.2) is 17.8 Å². The summed E-state index contributed by atoms with van der Waals surface area (Å²) in [6, 6.07) is 22.6. The zero-order chi connectivity index (χ0) is 26.1. The number of rotatable bonds is 5. The van der Waals surface area contributed by atoms with Gasteiger partial charge >= 0.3 is 6.03 Å². The first-order chi connectivity index (χ1) is 17.8. The topological polar surface area (TPSA) is 75.7 Å². The minimum Gasteiger partial charge on any atom is -0.488 e. The molecule has 0 aliphatic carbocycles. The summed E-state index contributed by atoms with van der Waals surface area (Å²) in [5.74, 6) is -1.08. The molecular formula is C29H20Cl2N2O4. The Morgan fingerprint density at radius 2 is 1.70 bits per heavy atom. The van der Waals surface area contributed by atoms with Gasteiger partial charge in [-0.25, -0.2) is 9.69 Å². The molecule has 0 radical (unpaired) electrons. The number of carbonyl (C=O) groups excluding carboxylic acids is 3. The number of hydrogen-bond acceptors (Lipinski definition) is 4. The van der Waals surface area contributed by atoms with Crippen LogP contribution < -0.4 is 15.0 Å². The summed E-state index contributed by atoms with van der Waals surface area (Å²) in [4.78, 5) is 40.1. The van der Waals surface area contributed by atoms with Crippen LogP contribution in [-0.2, 0) is 16.2 Å². The first-order valence-electron chi connectivity index (χ1n) is 11.4. The zero-order valence-electron chi connectivity index (χ0n) is 19.6. The van der Waals surface area contributed by atoms with Gasteiger partial charge in [0.05, 0.1) is 5.69 Å². The number of hydrogen-bond donors (Lipinski definition) is 1. The van der Waals surface area contributed by atoms with Crippen molar-refractivity contribution in [2.24, 2.45) is 0 Å². The molecule has 4 aromatic rings. The first kappa shape index (κ1) is 24.6. The lowest BCUT2D eigenvalue weighted by Gasteiger charge is -2.28. The maximum atomic E-state index is 13.6. The summed E-state index contributed by atoms with van der Waals surface area (Å²) in [6.45, 7) is 1.92. The molecule has 1 fully saturated rings. The zero-order valence-corrected chi connectivity index (χ0v) is 21.1. The van der Waals surface area contributed by atoms with Crippen LogP contribution >= 0.6 is 23.2 Å². The third-order valence-electron chi connectivity index (χ3n) is 6.08. The van der Waals surface area contributed by atoms with Crippen molar-refractivity contribution in [3.8, 4) is 5.75 Å². The number of benzene rings is 4. The van der Waals surface area contributed by atoms with Crippen molar-refractivity contribution in [3.05, 3.63) is 111 Å². The number of carbonyl (C=O) groups is 3. The number of halogens is 2. The van der Waals surface area contributed by atoms with E-state index >= 15 is 0 Å². The van der Waals surface area contributed by atoms with E-state index < -0.39 is 17.8 Å². The third-order valence-corrected chi connectivity index (χ3v) is 6.73. The van der Waals surface area contributed by atoms with E-state index in [0.29, 0.717) is 32.6 Å². The summed E-state index contributed by atoms with van der Waals surface area (Å²) in [5.41, 5.74) is 2.03. The number of amides is 4. The van der Waals surface area contributed by atoms with Gasteiger partial charge in [0.25, 0.3) is 11.8 Å². The largest absolute Gasteiger partial charge is 0.488 e. The van der Waals surface area contributed by atoms with Crippen molar-refractivity contribution in [1.82, 2.24) is 5.32 Å². The number of nitrogens with zero attached hydrogens (tertiary/aromatic N) is 1. The number of nitrogens with one attached hydrogen (secondary N) is 1. The Morgan fingerprint density at radius 3 is 2.51 bits per heavy atom. The van der Waals surface area contributed by atoms with Gasteiger partial charge in [0, 0.05) is 15.6 Å². The Balaban J connectivity index is 1.60. The van der Waals surface area contributed by atoms with Crippen LogP contribution in [0.25, 0.3) is 16.8 Å². The van der Waals surface area contributed by atoms with Gasteiger partial charge in [-0.1, -0.05) is 71.7 Å². The van der Waals surface area contributed by atoms with Gasteiger partial charge in [-0.3, -0.25) is 14.9 Å². The lowest BCUT2D eigenvalue weighted by Crippen LogP contribution is -2.54. The minimum absolute atomic E-state index is 0.206. The highest BCUT2D eigenvalue weighted by Gasteiger charge is 2.38. The highest BCUT2D eigenvalue weighted by atomic mass is 35.5. The predicted molar refractivity (Wildman–Crippen MR) is 145 cm³/mol. The van der Waals surface area contributed by atoms with Crippen LogP contribution in [0, 0.1) is 6.92 Å². The van der Waals surface area contributed by atoms with Crippen LogP contribution in [0.4, 0.5) is 10.5 Å². The van der Waals surface area contributed by atoms with Crippen molar-refractivity contribution >= 4 is 63.6 Å². The van der Waals surface area contributed by atoms with E-state index in [1.807, 2.05) is 42.5 Å². The van der Waals surface area contributed by atoms with Gasteiger partial charge in [0.1, 0.15) is 17.9 Å². The van der Waals surface area contributed by atoms with Crippen molar-refractivity contribution in [2.45, 2.75) is 13.5 Å². The number of anilines is 1. The molecule has 1 N–H and O–H groups in total. The lowest BCUT2D eigenvalue weighted by molar-refractivity contribution is -0.122. The molecule has 6 nitrogen and oxygen atoms in total. The minimum atomic E-state index is -0.840. The molecule has 5 rings (SSSR count). The summed E-state index contributed by atoms with van der Waals surface area (Å²) in [7, 11) is 0. The van der Waals surface area contributed by atoms with Crippen LogP contribution in [0.1, 0.15) is 16.7 Å². The van der Waals surface area contributed by atoms with Crippen LogP contribution in [0.5, 0.6) is 5.75 Å². The molecule has 0 spiro atoms. The molecule has 1 aliphatic rings. The molecule has 4 aromatic carbocycles. The molecule has 4 amide bonds. The third kappa shape index (κ3) is 4.81. The van der Waals surface area contributed by atoms with Crippen molar-refractivity contribution in [3.63, 3.8) is 0 Å². The van der Waals surface area contributed by atoms with E-state index in [1.165, 1.54) is 6.08 Å². The van der Waals surface area contributed by atoms with Crippen LogP contribution in [0.3, 0.4) is 0 Å². The van der Waals surface area contributed by atoms with Gasteiger partial charge in [0.2, 0.25) is 0 Å². The van der Waals surface area contributed by atoms with Crippen LogP contribution in [0.2, 0.25) is 10.0 Å². The molecule has 0 saturated carbocycles. The van der Waals surface area contributed by atoms with Crippen molar-refractivity contribution in [1.29, 1.82) is 0 Å².